The van der Waals surface area contributed by atoms with Crippen LogP contribution in [0.5, 0.6) is 0 Å². The average molecular weight is 297 g/mol. The van der Waals surface area contributed by atoms with Crippen molar-refractivity contribution in [3.8, 4) is 11.1 Å². The number of rotatable bonds is 4. The molecular weight excluding hydrogens is 283 g/mol. The number of alkyl halides is 3. The van der Waals surface area contributed by atoms with Gasteiger partial charge in [-0.1, -0.05) is 18.2 Å². The van der Waals surface area contributed by atoms with Crippen LogP contribution < -0.4 is 5.32 Å². The summed E-state index contributed by atoms with van der Waals surface area (Å²) in [5, 5.41) is 19.5. The van der Waals surface area contributed by atoms with Gasteiger partial charge in [0, 0.05) is 12.1 Å². The molecule has 0 saturated heterocycles. The number of benzene rings is 1. The summed E-state index contributed by atoms with van der Waals surface area (Å²) in [6, 6.07) is 6.73. The van der Waals surface area contributed by atoms with Gasteiger partial charge in [0.25, 0.3) is 0 Å². The van der Waals surface area contributed by atoms with E-state index in [1.54, 1.807) is 6.92 Å². The van der Waals surface area contributed by atoms with Crippen LogP contribution in [0.25, 0.3) is 11.1 Å². The van der Waals surface area contributed by atoms with Gasteiger partial charge in [-0.3, -0.25) is 0 Å². The van der Waals surface area contributed by atoms with Crippen molar-refractivity contribution in [2.75, 3.05) is 11.9 Å². The van der Waals surface area contributed by atoms with E-state index in [1.807, 2.05) is 0 Å². The first kappa shape index (κ1) is 15.2. The van der Waals surface area contributed by atoms with E-state index in [9.17, 15) is 18.3 Å². The largest absolute Gasteiger partial charge is 0.417 e. The Morgan fingerprint density at radius 2 is 1.90 bits per heavy atom. The fourth-order valence-corrected chi connectivity index (χ4v) is 1.89. The third-order valence-corrected chi connectivity index (χ3v) is 2.81. The molecular formula is C14H14F3N3O. The van der Waals surface area contributed by atoms with Crippen molar-refractivity contribution < 1.29 is 18.3 Å². The van der Waals surface area contributed by atoms with Crippen molar-refractivity contribution in [3.05, 3.63) is 42.1 Å². The Balaban J connectivity index is 2.48. The number of anilines is 1. The third-order valence-electron chi connectivity index (χ3n) is 2.81. The number of aliphatic hydroxyl groups excluding tert-OH is 1. The molecule has 1 unspecified atom stereocenters. The maximum absolute atomic E-state index is 13.1. The zero-order chi connectivity index (χ0) is 15.5. The van der Waals surface area contributed by atoms with Gasteiger partial charge < -0.3 is 10.4 Å². The van der Waals surface area contributed by atoms with Crippen LogP contribution in [0.15, 0.2) is 36.5 Å². The van der Waals surface area contributed by atoms with Crippen LogP contribution in [0.1, 0.15) is 12.5 Å². The Bertz CT molecular complexity index is 614. The Morgan fingerprint density at radius 1 is 1.19 bits per heavy atom. The minimum atomic E-state index is -4.46. The Hall–Kier alpha value is -2.15. The monoisotopic (exact) mass is 297 g/mol. The number of hydrogen-bond donors (Lipinski definition) is 2. The van der Waals surface area contributed by atoms with E-state index in [-0.39, 0.29) is 17.9 Å². The molecule has 2 N–H and O–H groups in total. The molecule has 0 aliphatic carbocycles. The lowest BCUT2D eigenvalue weighted by Gasteiger charge is -2.15. The molecule has 7 heteroatoms. The SMILES string of the molecule is CC(O)CNc1nnccc1-c1ccccc1C(F)(F)F. The standard InChI is InChI=1S/C14H14F3N3O/c1-9(21)8-18-13-11(6-7-19-20-13)10-4-2-3-5-12(10)14(15,16)17/h2-7,9,21H,8H2,1H3,(H,18,20). The fourth-order valence-electron chi connectivity index (χ4n) is 1.89. The van der Waals surface area contributed by atoms with Gasteiger partial charge in [-0.2, -0.15) is 18.3 Å². The molecule has 21 heavy (non-hydrogen) atoms. The molecule has 0 fully saturated rings. The van der Waals surface area contributed by atoms with Crippen molar-refractivity contribution in [3.63, 3.8) is 0 Å². The van der Waals surface area contributed by atoms with E-state index >= 15 is 0 Å². The highest BCUT2D eigenvalue weighted by atomic mass is 19.4. The molecule has 1 aromatic heterocycles. The molecule has 0 amide bonds. The molecule has 2 rings (SSSR count). The fraction of sp³-hybridized carbons (Fsp3) is 0.286. The molecule has 112 valence electrons. The molecule has 0 spiro atoms. The van der Waals surface area contributed by atoms with E-state index in [0.29, 0.717) is 5.56 Å². The van der Waals surface area contributed by atoms with Gasteiger partial charge in [0.15, 0.2) is 5.82 Å². The highest BCUT2D eigenvalue weighted by Crippen LogP contribution is 2.38. The highest BCUT2D eigenvalue weighted by Gasteiger charge is 2.33. The quantitative estimate of drug-likeness (QED) is 0.911. The summed E-state index contributed by atoms with van der Waals surface area (Å²) < 4.78 is 39.3. The van der Waals surface area contributed by atoms with Crippen LogP contribution in [0, 0.1) is 0 Å². The van der Waals surface area contributed by atoms with Crippen molar-refractivity contribution in [2.45, 2.75) is 19.2 Å². The van der Waals surface area contributed by atoms with Gasteiger partial charge in [0.1, 0.15) is 0 Å². The summed E-state index contributed by atoms with van der Waals surface area (Å²) in [7, 11) is 0. The van der Waals surface area contributed by atoms with Gasteiger partial charge in [-0.05, 0) is 24.6 Å². The van der Waals surface area contributed by atoms with Crippen LogP contribution >= 0.6 is 0 Å². The molecule has 4 nitrogen and oxygen atoms in total. The molecule has 0 saturated carbocycles. The molecule has 1 heterocycles. The van der Waals surface area contributed by atoms with E-state index in [1.165, 1.54) is 30.5 Å². The van der Waals surface area contributed by atoms with Crippen LogP contribution in [0.2, 0.25) is 0 Å². The molecule has 2 aromatic rings. The lowest BCUT2D eigenvalue weighted by atomic mass is 10.00. The number of nitrogens with one attached hydrogen (secondary N) is 1. The van der Waals surface area contributed by atoms with Crippen molar-refractivity contribution in [2.24, 2.45) is 0 Å². The second-order valence-electron chi connectivity index (χ2n) is 4.57. The molecule has 0 radical (unpaired) electrons. The van der Waals surface area contributed by atoms with Crippen molar-refractivity contribution in [1.82, 2.24) is 10.2 Å². The van der Waals surface area contributed by atoms with Gasteiger partial charge in [0.2, 0.25) is 0 Å². The summed E-state index contributed by atoms with van der Waals surface area (Å²) in [4.78, 5) is 0. The minimum Gasteiger partial charge on any atom is -0.392 e. The minimum absolute atomic E-state index is 0.0213. The Labute approximate surface area is 119 Å². The summed E-state index contributed by atoms with van der Waals surface area (Å²) in [5.74, 6) is 0.204. The number of hydrogen-bond acceptors (Lipinski definition) is 4. The highest BCUT2D eigenvalue weighted by molar-refractivity contribution is 5.77. The maximum Gasteiger partial charge on any atom is 0.417 e. The smallest absolute Gasteiger partial charge is 0.392 e. The van der Waals surface area contributed by atoms with Crippen LogP contribution in [0.4, 0.5) is 19.0 Å². The topological polar surface area (TPSA) is 58.0 Å². The zero-order valence-electron chi connectivity index (χ0n) is 11.2. The van der Waals surface area contributed by atoms with Crippen LogP contribution in [0.3, 0.4) is 0 Å². The Kier molecular flexibility index (Phi) is 4.42. The van der Waals surface area contributed by atoms with E-state index < -0.39 is 17.8 Å². The summed E-state index contributed by atoms with van der Waals surface area (Å²) in [5.41, 5.74) is -0.426. The summed E-state index contributed by atoms with van der Waals surface area (Å²) in [6.45, 7) is 1.73. The van der Waals surface area contributed by atoms with Gasteiger partial charge in [-0.25, -0.2) is 0 Å². The van der Waals surface area contributed by atoms with Crippen molar-refractivity contribution >= 4 is 5.82 Å². The first-order chi connectivity index (χ1) is 9.89. The van der Waals surface area contributed by atoms with E-state index in [2.05, 4.69) is 15.5 Å². The summed E-state index contributed by atoms with van der Waals surface area (Å²) in [6.07, 6.45) is -3.78. The predicted molar refractivity (Wildman–Crippen MR) is 72.6 cm³/mol. The average Bonchev–Trinajstić information content (AvgIpc) is 2.44. The second-order valence-corrected chi connectivity index (χ2v) is 4.57. The first-order valence-electron chi connectivity index (χ1n) is 6.30. The van der Waals surface area contributed by atoms with E-state index in [0.717, 1.165) is 6.07 Å². The van der Waals surface area contributed by atoms with Crippen molar-refractivity contribution in [1.29, 1.82) is 0 Å². The number of nitrogens with zero attached hydrogens (tertiary/aromatic N) is 2. The second kappa shape index (κ2) is 6.09. The molecule has 0 bridgehead atoms. The molecule has 0 aliphatic heterocycles. The van der Waals surface area contributed by atoms with Crippen LogP contribution in [-0.2, 0) is 6.18 Å². The van der Waals surface area contributed by atoms with Crippen LogP contribution in [-0.4, -0.2) is 28.0 Å². The first-order valence-corrected chi connectivity index (χ1v) is 6.30. The molecule has 0 aliphatic rings. The number of aromatic nitrogens is 2. The number of aliphatic hydroxyl groups is 1. The maximum atomic E-state index is 13.1. The Morgan fingerprint density at radius 3 is 2.57 bits per heavy atom. The lowest BCUT2D eigenvalue weighted by Crippen LogP contribution is -2.17. The van der Waals surface area contributed by atoms with Gasteiger partial charge >= 0.3 is 6.18 Å². The molecule has 1 atom stereocenters. The normalized spacial score (nSPS) is 13.0. The predicted octanol–water partition coefficient (Wildman–Crippen LogP) is 2.96. The zero-order valence-corrected chi connectivity index (χ0v) is 11.2. The van der Waals surface area contributed by atoms with Gasteiger partial charge in [-0.15, -0.1) is 5.10 Å². The third kappa shape index (κ3) is 3.69. The number of halogens is 3. The van der Waals surface area contributed by atoms with Gasteiger partial charge in [0.05, 0.1) is 17.9 Å². The van der Waals surface area contributed by atoms with E-state index in [4.69, 9.17) is 0 Å². The summed E-state index contributed by atoms with van der Waals surface area (Å²) >= 11 is 0. The molecule has 1 aromatic carbocycles. The lowest BCUT2D eigenvalue weighted by molar-refractivity contribution is -0.137.